The van der Waals surface area contributed by atoms with E-state index in [9.17, 15) is 4.79 Å². The van der Waals surface area contributed by atoms with E-state index in [4.69, 9.17) is 4.74 Å². The molecule has 4 heteroatoms. The summed E-state index contributed by atoms with van der Waals surface area (Å²) in [6.45, 7) is 4.39. The fraction of sp³-hybridized carbons (Fsp3) is 0.929. The molecule has 3 rings (SSSR count). The van der Waals surface area contributed by atoms with Crippen molar-refractivity contribution in [3.05, 3.63) is 0 Å². The van der Waals surface area contributed by atoms with Crippen molar-refractivity contribution in [3.8, 4) is 0 Å². The van der Waals surface area contributed by atoms with E-state index >= 15 is 0 Å². The van der Waals surface area contributed by atoms with Crippen LogP contribution < -0.4 is 5.32 Å². The molecule has 18 heavy (non-hydrogen) atoms. The highest BCUT2D eigenvalue weighted by Crippen LogP contribution is 2.37. The summed E-state index contributed by atoms with van der Waals surface area (Å²) in [5, 5.41) is 3.45. The maximum absolute atomic E-state index is 12.0. The van der Waals surface area contributed by atoms with E-state index in [0.717, 1.165) is 18.5 Å². The quantitative estimate of drug-likeness (QED) is 0.720. The molecule has 1 saturated heterocycles. The van der Waals surface area contributed by atoms with Gasteiger partial charge in [0.2, 0.25) is 0 Å². The molecule has 1 heterocycles. The second-order valence-corrected chi connectivity index (χ2v) is 6.03. The number of nitrogens with zero attached hydrogens (tertiary/aromatic N) is 1. The number of piperidine rings is 1. The van der Waals surface area contributed by atoms with Gasteiger partial charge >= 0.3 is 5.97 Å². The number of carbonyl (C=O) groups is 1. The minimum atomic E-state index is -0.114. The number of rotatable bonds is 6. The Kier molecular flexibility index (Phi) is 3.57. The summed E-state index contributed by atoms with van der Waals surface area (Å²) < 4.78 is 5.19. The zero-order valence-electron chi connectivity index (χ0n) is 11.2. The summed E-state index contributed by atoms with van der Waals surface area (Å²) in [6, 6.07) is 1.17. The van der Waals surface area contributed by atoms with Gasteiger partial charge in [-0.15, -0.1) is 0 Å². The van der Waals surface area contributed by atoms with E-state index in [1.54, 1.807) is 0 Å². The lowest BCUT2D eigenvalue weighted by Crippen LogP contribution is -2.49. The highest BCUT2D eigenvalue weighted by Gasteiger charge is 2.40. The fourth-order valence-electron chi connectivity index (χ4n) is 3.46. The van der Waals surface area contributed by atoms with Crippen LogP contribution in [0.3, 0.4) is 0 Å². The van der Waals surface area contributed by atoms with Crippen molar-refractivity contribution in [1.82, 2.24) is 10.2 Å². The number of ether oxygens (including phenoxy) is 1. The van der Waals surface area contributed by atoms with Gasteiger partial charge in [-0.1, -0.05) is 0 Å². The summed E-state index contributed by atoms with van der Waals surface area (Å²) in [7, 11) is 0. The molecule has 0 aromatic carbocycles. The van der Waals surface area contributed by atoms with Gasteiger partial charge < -0.3 is 10.1 Å². The van der Waals surface area contributed by atoms with E-state index in [-0.39, 0.29) is 12.0 Å². The first-order valence-electron chi connectivity index (χ1n) is 7.43. The SMILES string of the molecule is CCOC(=O)C(CN1CC2CCC1C2)NC1CC1. The third-order valence-electron chi connectivity index (χ3n) is 4.53. The summed E-state index contributed by atoms with van der Waals surface area (Å²) >= 11 is 0. The van der Waals surface area contributed by atoms with Gasteiger partial charge in [0.25, 0.3) is 0 Å². The molecule has 0 aromatic rings. The molecule has 1 N–H and O–H groups in total. The summed E-state index contributed by atoms with van der Waals surface area (Å²) in [5.41, 5.74) is 0. The van der Waals surface area contributed by atoms with E-state index in [1.165, 1.54) is 38.6 Å². The molecule has 0 radical (unpaired) electrons. The van der Waals surface area contributed by atoms with Crippen molar-refractivity contribution in [2.75, 3.05) is 19.7 Å². The Bertz CT molecular complexity index is 317. The zero-order valence-corrected chi connectivity index (χ0v) is 11.2. The lowest BCUT2D eigenvalue weighted by molar-refractivity contribution is -0.146. The van der Waals surface area contributed by atoms with Crippen LogP contribution in [0.1, 0.15) is 39.0 Å². The van der Waals surface area contributed by atoms with Gasteiger partial charge in [-0.2, -0.15) is 0 Å². The standard InChI is InChI=1S/C14H24N2O2/c1-2-18-14(17)13(15-11-4-5-11)9-16-8-10-3-6-12(16)7-10/h10-13,15H,2-9H2,1H3. The number of nitrogens with one attached hydrogen (secondary N) is 1. The van der Waals surface area contributed by atoms with Crippen LogP contribution in [0.15, 0.2) is 0 Å². The number of carbonyl (C=O) groups excluding carboxylic acids is 1. The van der Waals surface area contributed by atoms with E-state index < -0.39 is 0 Å². The monoisotopic (exact) mass is 252 g/mol. The minimum absolute atomic E-state index is 0.0628. The van der Waals surface area contributed by atoms with Gasteiger partial charge in [-0.05, 0) is 44.9 Å². The first-order chi connectivity index (χ1) is 8.76. The normalized spacial score (nSPS) is 32.7. The third kappa shape index (κ3) is 2.69. The Morgan fingerprint density at radius 1 is 1.39 bits per heavy atom. The minimum Gasteiger partial charge on any atom is -0.465 e. The van der Waals surface area contributed by atoms with Gasteiger partial charge in [0, 0.05) is 25.2 Å². The molecule has 0 aromatic heterocycles. The average Bonchev–Trinajstić information content (AvgIpc) is 2.93. The Morgan fingerprint density at radius 2 is 2.22 bits per heavy atom. The van der Waals surface area contributed by atoms with Crippen LogP contribution in [0, 0.1) is 5.92 Å². The molecule has 2 saturated carbocycles. The number of likely N-dealkylation sites (tertiary alicyclic amines) is 1. The second kappa shape index (κ2) is 5.17. The molecule has 3 unspecified atom stereocenters. The number of fused-ring (bicyclic) bond motifs is 2. The van der Waals surface area contributed by atoms with Gasteiger partial charge in [-0.3, -0.25) is 9.69 Å². The van der Waals surface area contributed by atoms with E-state index in [1.807, 2.05) is 6.92 Å². The van der Waals surface area contributed by atoms with Crippen molar-refractivity contribution in [2.24, 2.45) is 5.92 Å². The highest BCUT2D eigenvalue weighted by atomic mass is 16.5. The largest absolute Gasteiger partial charge is 0.465 e. The van der Waals surface area contributed by atoms with E-state index in [0.29, 0.717) is 12.6 Å². The molecule has 1 aliphatic heterocycles. The predicted octanol–water partition coefficient (Wildman–Crippen LogP) is 1.15. The molecule has 3 atom stereocenters. The summed E-state index contributed by atoms with van der Waals surface area (Å²) in [6.07, 6.45) is 6.48. The van der Waals surface area contributed by atoms with Gasteiger partial charge in [-0.25, -0.2) is 0 Å². The Balaban J connectivity index is 1.56. The molecular weight excluding hydrogens is 228 g/mol. The Morgan fingerprint density at radius 3 is 2.78 bits per heavy atom. The first-order valence-corrected chi connectivity index (χ1v) is 7.43. The van der Waals surface area contributed by atoms with Crippen LogP contribution in [0.5, 0.6) is 0 Å². The van der Waals surface area contributed by atoms with Crippen molar-refractivity contribution < 1.29 is 9.53 Å². The molecule has 2 aliphatic carbocycles. The lowest BCUT2D eigenvalue weighted by Gasteiger charge is -2.30. The number of hydrogen-bond donors (Lipinski definition) is 1. The van der Waals surface area contributed by atoms with Crippen molar-refractivity contribution >= 4 is 5.97 Å². The number of hydrogen-bond acceptors (Lipinski definition) is 4. The smallest absolute Gasteiger partial charge is 0.324 e. The molecule has 3 fully saturated rings. The maximum atomic E-state index is 12.0. The third-order valence-corrected chi connectivity index (χ3v) is 4.53. The molecule has 4 nitrogen and oxygen atoms in total. The van der Waals surface area contributed by atoms with Crippen LogP contribution >= 0.6 is 0 Å². The Labute approximate surface area is 109 Å². The number of esters is 1. The maximum Gasteiger partial charge on any atom is 0.324 e. The topological polar surface area (TPSA) is 41.6 Å². The molecule has 102 valence electrons. The van der Waals surface area contributed by atoms with Crippen LogP contribution in [0.2, 0.25) is 0 Å². The van der Waals surface area contributed by atoms with Crippen LogP contribution in [0.4, 0.5) is 0 Å². The Hall–Kier alpha value is -0.610. The summed E-state index contributed by atoms with van der Waals surface area (Å²) in [5.74, 6) is 0.825. The second-order valence-electron chi connectivity index (χ2n) is 6.03. The average molecular weight is 252 g/mol. The molecule has 3 aliphatic rings. The van der Waals surface area contributed by atoms with Crippen LogP contribution in [0.25, 0.3) is 0 Å². The van der Waals surface area contributed by atoms with Crippen LogP contribution in [-0.4, -0.2) is 48.7 Å². The van der Waals surface area contributed by atoms with Crippen molar-refractivity contribution in [1.29, 1.82) is 0 Å². The van der Waals surface area contributed by atoms with Gasteiger partial charge in [0.15, 0.2) is 0 Å². The van der Waals surface area contributed by atoms with Crippen molar-refractivity contribution in [2.45, 2.75) is 57.2 Å². The van der Waals surface area contributed by atoms with Gasteiger partial charge in [0.05, 0.1) is 6.61 Å². The fourth-order valence-corrected chi connectivity index (χ4v) is 3.46. The van der Waals surface area contributed by atoms with E-state index in [2.05, 4.69) is 10.2 Å². The predicted molar refractivity (Wildman–Crippen MR) is 69.3 cm³/mol. The lowest BCUT2D eigenvalue weighted by atomic mass is 10.1. The highest BCUT2D eigenvalue weighted by molar-refractivity contribution is 5.76. The molecule has 2 bridgehead atoms. The molecule has 0 amide bonds. The zero-order chi connectivity index (χ0) is 12.5. The summed E-state index contributed by atoms with van der Waals surface area (Å²) in [4.78, 5) is 14.5. The van der Waals surface area contributed by atoms with Gasteiger partial charge in [0.1, 0.15) is 6.04 Å². The van der Waals surface area contributed by atoms with Crippen molar-refractivity contribution in [3.63, 3.8) is 0 Å². The first kappa shape index (κ1) is 12.4. The van der Waals surface area contributed by atoms with Crippen LogP contribution in [-0.2, 0) is 9.53 Å². The molecular formula is C14H24N2O2. The molecule has 0 spiro atoms.